The molecule has 4 nitrogen and oxygen atoms in total. The molecular weight excluding hydrogens is 226 g/mol. The van der Waals surface area contributed by atoms with Crippen molar-refractivity contribution in [2.45, 2.75) is 32.7 Å². The van der Waals surface area contributed by atoms with Gasteiger partial charge in [0.1, 0.15) is 6.04 Å². The van der Waals surface area contributed by atoms with E-state index in [0.717, 1.165) is 18.7 Å². The lowest BCUT2D eigenvalue weighted by atomic mass is 10.1. The minimum atomic E-state index is 0.121. The summed E-state index contributed by atoms with van der Waals surface area (Å²) in [6, 6.07) is 8.43. The summed E-state index contributed by atoms with van der Waals surface area (Å²) in [6.45, 7) is 4.30. The molecule has 2 heterocycles. The van der Waals surface area contributed by atoms with Crippen LogP contribution in [0.25, 0.3) is 0 Å². The van der Waals surface area contributed by atoms with E-state index in [1.165, 1.54) is 11.3 Å². The van der Waals surface area contributed by atoms with Crippen molar-refractivity contribution in [3.63, 3.8) is 0 Å². The third kappa shape index (κ3) is 2.10. The van der Waals surface area contributed by atoms with E-state index in [4.69, 9.17) is 4.52 Å². The van der Waals surface area contributed by atoms with Crippen molar-refractivity contribution in [3.05, 3.63) is 41.5 Å². The van der Waals surface area contributed by atoms with E-state index < -0.39 is 0 Å². The molecule has 1 aliphatic heterocycles. The first-order valence-corrected chi connectivity index (χ1v) is 6.39. The van der Waals surface area contributed by atoms with Crippen LogP contribution in [0.3, 0.4) is 0 Å². The van der Waals surface area contributed by atoms with Gasteiger partial charge in [0.25, 0.3) is 0 Å². The Labute approximate surface area is 106 Å². The van der Waals surface area contributed by atoms with Crippen molar-refractivity contribution in [2.75, 3.05) is 5.32 Å². The van der Waals surface area contributed by atoms with E-state index in [2.05, 4.69) is 47.5 Å². The molecule has 94 valence electrons. The molecule has 0 saturated heterocycles. The number of hydrogen-bond acceptors (Lipinski definition) is 4. The molecule has 18 heavy (non-hydrogen) atoms. The molecule has 3 rings (SSSR count). The summed E-state index contributed by atoms with van der Waals surface area (Å²) >= 11 is 0. The average Bonchev–Trinajstić information content (AvgIpc) is 2.93. The van der Waals surface area contributed by atoms with Gasteiger partial charge in [-0.2, -0.15) is 4.98 Å². The standard InChI is InChI=1S/C14H17N3O/c1-9(2)7-13-16-14(18-17-13)12-8-10-5-3-4-6-11(10)15-12/h3-6,9,12,15H,7-8H2,1-2H3. The topological polar surface area (TPSA) is 51.0 Å². The Balaban J connectivity index is 1.76. The van der Waals surface area contributed by atoms with Crippen LogP contribution in [-0.2, 0) is 12.8 Å². The Hall–Kier alpha value is -1.84. The van der Waals surface area contributed by atoms with Crippen LogP contribution in [0.1, 0.15) is 37.2 Å². The molecular formula is C14H17N3O. The van der Waals surface area contributed by atoms with Gasteiger partial charge in [-0.3, -0.25) is 0 Å². The zero-order valence-corrected chi connectivity index (χ0v) is 10.7. The molecule has 1 aliphatic rings. The molecule has 0 radical (unpaired) electrons. The van der Waals surface area contributed by atoms with Crippen molar-refractivity contribution in [1.82, 2.24) is 10.1 Å². The van der Waals surface area contributed by atoms with Gasteiger partial charge in [-0.05, 0) is 17.5 Å². The second kappa shape index (κ2) is 4.44. The van der Waals surface area contributed by atoms with E-state index in [0.29, 0.717) is 11.8 Å². The summed E-state index contributed by atoms with van der Waals surface area (Å²) in [7, 11) is 0. The van der Waals surface area contributed by atoms with Crippen LogP contribution >= 0.6 is 0 Å². The van der Waals surface area contributed by atoms with Gasteiger partial charge >= 0.3 is 0 Å². The normalized spacial score (nSPS) is 17.8. The van der Waals surface area contributed by atoms with Gasteiger partial charge in [-0.25, -0.2) is 0 Å². The third-order valence-corrected chi connectivity index (χ3v) is 3.14. The SMILES string of the molecule is CC(C)Cc1noc(C2Cc3ccccc3N2)n1. The van der Waals surface area contributed by atoms with Crippen molar-refractivity contribution in [3.8, 4) is 0 Å². The van der Waals surface area contributed by atoms with Gasteiger partial charge in [0.2, 0.25) is 5.89 Å². The summed E-state index contributed by atoms with van der Waals surface area (Å²) in [5, 5.41) is 7.46. The van der Waals surface area contributed by atoms with E-state index in [9.17, 15) is 0 Å². The number of rotatable bonds is 3. The minimum absolute atomic E-state index is 0.121. The zero-order chi connectivity index (χ0) is 12.5. The maximum atomic E-state index is 5.36. The number of fused-ring (bicyclic) bond motifs is 1. The van der Waals surface area contributed by atoms with Crippen LogP contribution in [-0.4, -0.2) is 10.1 Å². The van der Waals surface area contributed by atoms with Crippen LogP contribution in [0.4, 0.5) is 5.69 Å². The molecule has 1 N–H and O–H groups in total. The molecule has 0 spiro atoms. The first kappa shape index (κ1) is 11.3. The predicted octanol–water partition coefficient (Wildman–Crippen LogP) is 2.98. The van der Waals surface area contributed by atoms with Gasteiger partial charge in [-0.15, -0.1) is 0 Å². The molecule has 4 heteroatoms. The zero-order valence-electron chi connectivity index (χ0n) is 10.7. The highest BCUT2D eigenvalue weighted by Gasteiger charge is 2.26. The second-order valence-electron chi connectivity index (χ2n) is 5.21. The first-order valence-electron chi connectivity index (χ1n) is 6.39. The van der Waals surface area contributed by atoms with Gasteiger partial charge in [0, 0.05) is 18.5 Å². The maximum absolute atomic E-state index is 5.36. The molecule has 1 atom stereocenters. The summed E-state index contributed by atoms with van der Waals surface area (Å²) in [6.07, 6.45) is 1.78. The Kier molecular flexibility index (Phi) is 2.78. The van der Waals surface area contributed by atoms with Crippen molar-refractivity contribution < 1.29 is 4.52 Å². The van der Waals surface area contributed by atoms with Gasteiger partial charge in [-0.1, -0.05) is 37.2 Å². The Morgan fingerprint density at radius 2 is 2.22 bits per heavy atom. The molecule has 1 unspecified atom stereocenters. The number of benzene rings is 1. The van der Waals surface area contributed by atoms with Crippen LogP contribution in [0.5, 0.6) is 0 Å². The lowest BCUT2D eigenvalue weighted by molar-refractivity contribution is 0.357. The summed E-state index contributed by atoms with van der Waals surface area (Å²) < 4.78 is 5.36. The first-order chi connectivity index (χ1) is 8.72. The van der Waals surface area contributed by atoms with Crippen molar-refractivity contribution >= 4 is 5.69 Å². The average molecular weight is 243 g/mol. The Morgan fingerprint density at radius 3 is 3.00 bits per heavy atom. The summed E-state index contributed by atoms with van der Waals surface area (Å²) in [4.78, 5) is 4.48. The van der Waals surface area contributed by atoms with Gasteiger partial charge < -0.3 is 9.84 Å². The maximum Gasteiger partial charge on any atom is 0.249 e. The summed E-state index contributed by atoms with van der Waals surface area (Å²) in [5.74, 6) is 2.05. The van der Waals surface area contributed by atoms with E-state index in [-0.39, 0.29) is 6.04 Å². The fraction of sp³-hybridized carbons (Fsp3) is 0.429. The highest BCUT2D eigenvalue weighted by molar-refractivity contribution is 5.56. The predicted molar refractivity (Wildman–Crippen MR) is 69.3 cm³/mol. The van der Waals surface area contributed by atoms with E-state index in [1.54, 1.807) is 0 Å². The van der Waals surface area contributed by atoms with Crippen molar-refractivity contribution in [2.24, 2.45) is 5.92 Å². The molecule has 0 saturated carbocycles. The number of aromatic nitrogens is 2. The van der Waals surface area contributed by atoms with Crippen LogP contribution in [0.15, 0.2) is 28.8 Å². The number of nitrogens with one attached hydrogen (secondary N) is 1. The van der Waals surface area contributed by atoms with Crippen LogP contribution in [0, 0.1) is 5.92 Å². The van der Waals surface area contributed by atoms with Gasteiger partial charge in [0.05, 0.1) is 0 Å². The molecule has 0 aliphatic carbocycles. The molecule has 0 bridgehead atoms. The Morgan fingerprint density at radius 1 is 1.39 bits per heavy atom. The number of hydrogen-bond donors (Lipinski definition) is 1. The molecule has 0 amide bonds. The molecule has 2 aromatic rings. The molecule has 1 aromatic heterocycles. The quantitative estimate of drug-likeness (QED) is 0.900. The number of nitrogens with zero attached hydrogens (tertiary/aromatic N) is 2. The highest BCUT2D eigenvalue weighted by Crippen LogP contribution is 2.33. The molecule has 0 fully saturated rings. The minimum Gasteiger partial charge on any atom is -0.373 e. The number of para-hydroxylation sites is 1. The second-order valence-corrected chi connectivity index (χ2v) is 5.21. The number of anilines is 1. The third-order valence-electron chi connectivity index (χ3n) is 3.14. The van der Waals surface area contributed by atoms with Gasteiger partial charge in [0.15, 0.2) is 5.82 Å². The lowest BCUT2D eigenvalue weighted by Crippen LogP contribution is -2.06. The Bertz CT molecular complexity index is 522. The molecule has 1 aromatic carbocycles. The van der Waals surface area contributed by atoms with Crippen molar-refractivity contribution in [1.29, 1.82) is 0 Å². The highest BCUT2D eigenvalue weighted by atomic mass is 16.5. The largest absolute Gasteiger partial charge is 0.373 e. The van der Waals surface area contributed by atoms with Crippen LogP contribution < -0.4 is 5.32 Å². The lowest BCUT2D eigenvalue weighted by Gasteiger charge is -2.04. The fourth-order valence-corrected chi connectivity index (χ4v) is 2.30. The fourth-order valence-electron chi connectivity index (χ4n) is 2.30. The van der Waals surface area contributed by atoms with E-state index >= 15 is 0 Å². The smallest absolute Gasteiger partial charge is 0.249 e. The van der Waals surface area contributed by atoms with E-state index in [1.807, 2.05) is 6.07 Å². The van der Waals surface area contributed by atoms with Crippen LogP contribution in [0.2, 0.25) is 0 Å². The monoisotopic (exact) mass is 243 g/mol. The summed E-state index contributed by atoms with van der Waals surface area (Å²) in [5.41, 5.74) is 2.48.